The molecular weight excluding hydrogens is 474 g/mol. The van der Waals surface area contributed by atoms with Gasteiger partial charge in [0.25, 0.3) is 0 Å². The highest BCUT2D eigenvalue weighted by molar-refractivity contribution is 7.92. The number of nitrogens with zero attached hydrogens (tertiary/aromatic N) is 1. The molecule has 7 heteroatoms. The van der Waals surface area contributed by atoms with E-state index in [1.807, 2.05) is 48.5 Å². The average molecular weight is 508 g/mol. The van der Waals surface area contributed by atoms with Gasteiger partial charge >= 0.3 is 5.63 Å². The lowest BCUT2D eigenvalue weighted by atomic mass is 9.85. The van der Waals surface area contributed by atoms with Crippen LogP contribution in [0.3, 0.4) is 0 Å². The number of benzene rings is 2. The van der Waals surface area contributed by atoms with Crippen LogP contribution in [0, 0.1) is 5.92 Å². The number of anilines is 1. The molecule has 1 heterocycles. The minimum absolute atomic E-state index is 0.0784. The Hall–Kier alpha value is -3.06. The van der Waals surface area contributed by atoms with Gasteiger partial charge in [-0.2, -0.15) is 0 Å². The van der Waals surface area contributed by atoms with E-state index in [9.17, 15) is 18.3 Å². The van der Waals surface area contributed by atoms with E-state index in [4.69, 9.17) is 4.42 Å². The highest BCUT2D eigenvalue weighted by atomic mass is 32.2. The first-order chi connectivity index (χ1) is 17.3. The van der Waals surface area contributed by atoms with Gasteiger partial charge in [0.05, 0.1) is 24.1 Å². The van der Waals surface area contributed by atoms with Crippen LogP contribution >= 0.6 is 0 Å². The molecule has 5 rings (SSSR count). The molecule has 0 radical (unpaired) electrons. The molecule has 2 aromatic carbocycles. The Balaban J connectivity index is 1.57. The van der Waals surface area contributed by atoms with Crippen LogP contribution in [0.1, 0.15) is 72.5 Å². The Morgan fingerprint density at radius 1 is 1.00 bits per heavy atom. The van der Waals surface area contributed by atoms with Gasteiger partial charge in [-0.1, -0.05) is 55.3 Å². The van der Waals surface area contributed by atoms with Crippen LogP contribution in [0.5, 0.6) is 5.75 Å². The summed E-state index contributed by atoms with van der Waals surface area (Å²) in [6, 6.07) is 16.8. The van der Waals surface area contributed by atoms with E-state index in [0.717, 1.165) is 55.2 Å². The second-order valence-electron chi connectivity index (χ2n) is 10.1. The molecule has 0 spiro atoms. The van der Waals surface area contributed by atoms with Crippen molar-refractivity contribution >= 4 is 15.7 Å². The van der Waals surface area contributed by atoms with Crippen molar-refractivity contribution in [3.05, 3.63) is 93.0 Å². The van der Waals surface area contributed by atoms with Crippen LogP contribution in [0.4, 0.5) is 5.69 Å². The summed E-state index contributed by atoms with van der Waals surface area (Å²) >= 11 is 0. The van der Waals surface area contributed by atoms with Crippen molar-refractivity contribution in [3.8, 4) is 5.75 Å². The van der Waals surface area contributed by atoms with E-state index in [0.29, 0.717) is 29.9 Å². The lowest BCUT2D eigenvalue weighted by molar-refractivity contribution is 0.382. The van der Waals surface area contributed by atoms with Crippen molar-refractivity contribution in [2.24, 2.45) is 5.92 Å². The quantitative estimate of drug-likeness (QED) is 0.455. The highest BCUT2D eigenvalue weighted by Crippen LogP contribution is 2.49. The SMILES string of the molecule is CS(=O)(=O)N(Cc1ccccc1)c1cccc(C(c2c(O)c3c(oc2=O)CCCCCC3)C2CC2)c1. The van der Waals surface area contributed by atoms with Gasteiger partial charge < -0.3 is 9.52 Å². The molecule has 1 atom stereocenters. The van der Waals surface area contributed by atoms with Gasteiger partial charge in [0.15, 0.2) is 0 Å². The zero-order chi connectivity index (χ0) is 25.3. The summed E-state index contributed by atoms with van der Waals surface area (Å²) in [6.07, 6.45) is 8.59. The molecule has 2 aliphatic carbocycles. The second-order valence-corrected chi connectivity index (χ2v) is 12.0. The second kappa shape index (κ2) is 10.1. The van der Waals surface area contributed by atoms with Crippen LogP contribution in [0.25, 0.3) is 0 Å². The van der Waals surface area contributed by atoms with Crippen LogP contribution in [0.2, 0.25) is 0 Å². The fourth-order valence-corrected chi connectivity index (χ4v) is 6.30. The highest BCUT2D eigenvalue weighted by Gasteiger charge is 2.38. The molecule has 1 fully saturated rings. The average Bonchev–Trinajstić information content (AvgIpc) is 3.67. The maximum Gasteiger partial charge on any atom is 0.343 e. The summed E-state index contributed by atoms with van der Waals surface area (Å²) in [5.41, 5.74) is 2.87. The summed E-state index contributed by atoms with van der Waals surface area (Å²) in [5.74, 6) is 0.571. The molecule has 190 valence electrons. The smallest absolute Gasteiger partial charge is 0.343 e. The predicted octanol–water partition coefficient (Wildman–Crippen LogP) is 5.51. The number of aromatic hydroxyl groups is 1. The number of aryl methyl sites for hydroxylation is 1. The number of hydrogen-bond donors (Lipinski definition) is 1. The lowest BCUT2D eigenvalue weighted by Crippen LogP contribution is -2.29. The Kier molecular flexibility index (Phi) is 6.93. The van der Waals surface area contributed by atoms with E-state index in [1.165, 1.54) is 10.6 Å². The van der Waals surface area contributed by atoms with E-state index in [2.05, 4.69) is 0 Å². The molecule has 2 aliphatic rings. The van der Waals surface area contributed by atoms with Crippen molar-refractivity contribution in [2.75, 3.05) is 10.6 Å². The molecule has 1 N–H and O–H groups in total. The molecule has 0 amide bonds. The summed E-state index contributed by atoms with van der Waals surface area (Å²) in [6.45, 7) is 0.212. The van der Waals surface area contributed by atoms with E-state index in [1.54, 1.807) is 6.07 Å². The molecular formula is C29H33NO5S. The standard InChI is InChI=1S/C29H33NO5S/c1-36(33,34)30(19-20-10-5-4-6-11-20)23-13-9-12-22(18-23)26(21-16-17-21)27-28(31)24-14-7-2-3-8-15-25(24)35-29(27)32/h4-6,9-13,18,21,26,31H,2-3,7-8,14-17,19H2,1H3. The first-order valence-corrected chi connectivity index (χ1v) is 14.7. The third kappa shape index (κ3) is 5.21. The third-order valence-corrected chi connectivity index (χ3v) is 8.53. The van der Waals surface area contributed by atoms with E-state index >= 15 is 0 Å². The first-order valence-electron chi connectivity index (χ1n) is 12.8. The van der Waals surface area contributed by atoms with Gasteiger partial charge in [-0.05, 0) is 61.3 Å². The van der Waals surface area contributed by atoms with Gasteiger partial charge in [-0.25, -0.2) is 13.2 Å². The van der Waals surface area contributed by atoms with Crippen LogP contribution in [-0.2, 0) is 29.4 Å². The van der Waals surface area contributed by atoms with Gasteiger partial charge in [0, 0.05) is 17.9 Å². The Morgan fingerprint density at radius 3 is 2.42 bits per heavy atom. The molecule has 0 saturated heterocycles. The summed E-state index contributed by atoms with van der Waals surface area (Å²) < 4.78 is 32.8. The monoisotopic (exact) mass is 507 g/mol. The Labute approximate surface area is 212 Å². The fourth-order valence-electron chi connectivity index (χ4n) is 5.42. The third-order valence-electron chi connectivity index (χ3n) is 7.39. The topological polar surface area (TPSA) is 87.8 Å². The number of hydrogen-bond acceptors (Lipinski definition) is 5. The van der Waals surface area contributed by atoms with E-state index in [-0.39, 0.29) is 24.1 Å². The Morgan fingerprint density at radius 2 is 1.72 bits per heavy atom. The maximum atomic E-state index is 13.2. The predicted molar refractivity (Wildman–Crippen MR) is 141 cm³/mol. The molecule has 6 nitrogen and oxygen atoms in total. The molecule has 36 heavy (non-hydrogen) atoms. The first kappa shape index (κ1) is 24.6. The molecule has 1 unspecified atom stereocenters. The van der Waals surface area contributed by atoms with Crippen molar-refractivity contribution in [2.45, 2.75) is 63.8 Å². The number of rotatable bonds is 7. The Bertz CT molecular complexity index is 1390. The zero-order valence-corrected chi connectivity index (χ0v) is 21.5. The maximum absolute atomic E-state index is 13.2. The van der Waals surface area contributed by atoms with Gasteiger partial charge in [0.1, 0.15) is 11.5 Å². The largest absolute Gasteiger partial charge is 0.507 e. The fraction of sp³-hybridized carbons (Fsp3) is 0.414. The minimum Gasteiger partial charge on any atom is -0.507 e. The molecule has 1 saturated carbocycles. The lowest BCUT2D eigenvalue weighted by Gasteiger charge is -2.25. The summed E-state index contributed by atoms with van der Waals surface area (Å²) in [7, 11) is -3.56. The van der Waals surface area contributed by atoms with Crippen molar-refractivity contribution in [1.29, 1.82) is 0 Å². The van der Waals surface area contributed by atoms with Crippen molar-refractivity contribution < 1.29 is 17.9 Å². The normalized spacial score (nSPS) is 17.0. The molecule has 0 aliphatic heterocycles. The van der Waals surface area contributed by atoms with Gasteiger partial charge in [0.2, 0.25) is 10.0 Å². The van der Waals surface area contributed by atoms with Crippen molar-refractivity contribution in [3.63, 3.8) is 0 Å². The van der Waals surface area contributed by atoms with Crippen LogP contribution in [-0.4, -0.2) is 19.8 Å². The number of sulfonamides is 1. The minimum atomic E-state index is -3.56. The summed E-state index contributed by atoms with van der Waals surface area (Å²) in [5, 5.41) is 11.4. The molecule has 0 bridgehead atoms. The molecule has 3 aromatic rings. The number of fused-ring (bicyclic) bond motifs is 1. The molecule has 1 aromatic heterocycles. The van der Waals surface area contributed by atoms with E-state index < -0.39 is 15.6 Å². The zero-order valence-electron chi connectivity index (χ0n) is 20.7. The van der Waals surface area contributed by atoms with Crippen molar-refractivity contribution in [1.82, 2.24) is 0 Å². The van der Waals surface area contributed by atoms with Crippen LogP contribution < -0.4 is 9.93 Å². The van der Waals surface area contributed by atoms with Gasteiger partial charge in [-0.15, -0.1) is 0 Å². The summed E-state index contributed by atoms with van der Waals surface area (Å²) in [4.78, 5) is 13.2. The van der Waals surface area contributed by atoms with Gasteiger partial charge in [-0.3, -0.25) is 4.31 Å². The van der Waals surface area contributed by atoms with Crippen LogP contribution in [0.15, 0.2) is 63.8 Å².